The van der Waals surface area contributed by atoms with E-state index in [-0.39, 0.29) is 5.91 Å². The van der Waals surface area contributed by atoms with Crippen LogP contribution in [0.4, 0.5) is 0 Å². The van der Waals surface area contributed by atoms with Gasteiger partial charge in [-0.15, -0.1) is 0 Å². The molecule has 106 valence electrons. The quantitative estimate of drug-likeness (QED) is 0.808. The van der Waals surface area contributed by atoms with Gasteiger partial charge in [0.15, 0.2) is 6.10 Å². The van der Waals surface area contributed by atoms with E-state index < -0.39 is 6.10 Å². The van der Waals surface area contributed by atoms with Crippen molar-refractivity contribution in [3.63, 3.8) is 0 Å². The van der Waals surface area contributed by atoms with Crippen LogP contribution in [0.2, 0.25) is 0 Å². The zero-order chi connectivity index (χ0) is 14.3. The molecule has 1 unspecified atom stereocenters. The Kier molecular flexibility index (Phi) is 6.87. The predicted molar refractivity (Wildman–Crippen MR) is 80.3 cm³/mol. The van der Waals surface area contributed by atoms with Crippen LogP contribution in [0.25, 0.3) is 0 Å². The monoisotopic (exact) mass is 328 g/mol. The molecule has 0 aliphatic heterocycles. The van der Waals surface area contributed by atoms with E-state index in [0.717, 1.165) is 22.2 Å². The first-order valence-corrected chi connectivity index (χ1v) is 7.25. The molecule has 5 heteroatoms. The lowest BCUT2D eigenvalue weighted by molar-refractivity contribution is -0.127. The number of amides is 1. The summed E-state index contributed by atoms with van der Waals surface area (Å²) in [5.41, 5.74) is 1.02. The Labute approximate surface area is 123 Å². The van der Waals surface area contributed by atoms with E-state index in [1.165, 1.54) is 0 Å². The summed E-state index contributed by atoms with van der Waals surface area (Å²) >= 11 is 3.43. The number of halogens is 1. The number of ether oxygens (including phenoxy) is 1. The lowest BCUT2D eigenvalue weighted by Crippen LogP contribution is -2.36. The smallest absolute Gasteiger partial charge is 0.260 e. The summed E-state index contributed by atoms with van der Waals surface area (Å²) in [4.78, 5) is 11.8. The Bertz CT molecular complexity index is 424. The molecule has 0 saturated heterocycles. The van der Waals surface area contributed by atoms with Gasteiger partial charge in [-0.2, -0.15) is 0 Å². The van der Waals surface area contributed by atoms with Crippen molar-refractivity contribution in [2.24, 2.45) is 0 Å². The van der Waals surface area contributed by atoms with Crippen molar-refractivity contribution in [3.05, 3.63) is 28.2 Å². The van der Waals surface area contributed by atoms with Crippen LogP contribution in [0.3, 0.4) is 0 Å². The van der Waals surface area contributed by atoms with E-state index in [9.17, 15) is 4.79 Å². The number of hydrogen-bond acceptors (Lipinski definition) is 3. The Morgan fingerprint density at radius 3 is 2.84 bits per heavy atom. The van der Waals surface area contributed by atoms with E-state index in [0.29, 0.717) is 13.1 Å². The van der Waals surface area contributed by atoms with Gasteiger partial charge in [0.2, 0.25) is 0 Å². The molecule has 0 heterocycles. The number of nitrogens with one attached hydrogen (secondary N) is 2. The van der Waals surface area contributed by atoms with Crippen molar-refractivity contribution in [2.75, 3.05) is 13.6 Å². The SMILES string of the molecule is CCCNC(=O)C(C)Oc1ccc(Br)cc1CNC. The molecule has 0 radical (unpaired) electrons. The Morgan fingerprint density at radius 1 is 1.47 bits per heavy atom. The van der Waals surface area contributed by atoms with Gasteiger partial charge in [-0.25, -0.2) is 0 Å². The lowest BCUT2D eigenvalue weighted by Gasteiger charge is -2.17. The van der Waals surface area contributed by atoms with Gasteiger partial charge in [-0.1, -0.05) is 22.9 Å². The third kappa shape index (κ3) is 5.20. The Hall–Kier alpha value is -1.07. The molecule has 1 rings (SSSR count). The molecule has 0 aliphatic rings. The highest BCUT2D eigenvalue weighted by atomic mass is 79.9. The zero-order valence-corrected chi connectivity index (χ0v) is 13.2. The van der Waals surface area contributed by atoms with E-state index in [1.807, 2.05) is 32.2 Å². The molecule has 1 atom stereocenters. The average Bonchev–Trinajstić information content (AvgIpc) is 2.39. The van der Waals surface area contributed by atoms with Crippen LogP contribution in [-0.4, -0.2) is 25.6 Å². The molecule has 0 saturated carbocycles. The highest BCUT2D eigenvalue weighted by Gasteiger charge is 2.15. The van der Waals surface area contributed by atoms with Crippen LogP contribution >= 0.6 is 15.9 Å². The normalized spacial score (nSPS) is 12.0. The Balaban J connectivity index is 2.72. The zero-order valence-electron chi connectivity index (χ0n) is 11.6. The third-order valence-electron chi connectivity index (χ3n) is 2.61. The molecule has 1 amide bonds. The highest BCUT2D eigenvalue weighted by molar-refractivity contribution is 9.10. The summed E-state index contributed by atoms with van der Waals surface area (Å²) in [5, 5.41) is 5.91. The van der Waals surface area contributed by atoms with E-state index >= 15 is 0 Å². The first kappa shape index (κ1) is 16.0. The van der Waals surface area contributed by atoms with Gasteiger partial charge in [0.25, 0.3) is 5.91 Å². The first-order valence-electron chi connectivity index (χ1n) is 6.45. The molecular weight excluding hydrogens is 308 g/mol. The van der Waals surface area contributed by atoms with Crippen molar-refractivity contribution in [1.82, 2.24) is 10.6 Å². The van der Waals surface area contributed by atoms with Crippen molar-refractivity contribution >= 4 is 21.8 Å². The van der Waals surface area contributed by atoms with Crippen molar-refractivity contribution in [2.45, 2.75) is 32.9 Å². The molecule has 0 aliphatic carbocycles. The van der Waals surface area contributed by atoms with Gasteiger partial charge in [0.1, 0.15) is 5.75 Å². The third-order valence-corrected chi connectivity index (χ3v) is 3.11. The van der Waals surface area contributed by atoms with Gasteiger partial charge < -0.3 is 15.4 Å². The molecule has 0 aromatic heterocycles. The fourth-order valence-corrected chi connectivity index (χ4v) is 2.04. The molecule has 1 aromatic carbocycles. The maximum Gasteiger partial charge on any atom is 0.260 e. The Morgan fingerprint density at radius 2 is 2.21 bits per heavy atom. The summed E-state index contributed by atoms with van der Waals surface area (Å²) in [5.74, 6) is 0.650. The molecule has 1 aromatic rings. The fourth-order valence-electron chi connectivity index (χ4n) is 1.63. The number of hydrogen-bond donors (Lipinski definition) is 2. The molecule has 19 heavy (non-hydrogen) atoms. The average molecular weight is 329 g/mol. The first-order chi connectivity index (χ1) is 9.08. The summed E-state index contributed by atoms with van der Waals surface area (Å²) in [6, 6.07) is 5.77. The van der Waals surface area contributed by atoms with Crippen LogP contribution < -0.4 is 15.4 Å². The van der Waals surface area contributed by atoms with E-state index in [4.69, 9.17) is 4.74 Å². The molecule has 0 fully saturated rings. The number of benzene rings is 1. The topological polar surface area (TPSA) is 50.4 Å². The molecular formula is C14H21BrN2O2. The second-order valence-corrected chi connectivity index (χ2v) is 5.25. The van der Waals surface area contributed by atoms with Gasteiger partial charge >= 0.3 is 0 Å². The molecule has 4 nitrogen and oxygen atoms in total. The fraction of sp³-hybridized carbons (Fsp3) is 0.500. The molecule has 0 spiro atoms. The van der Waals surface area contributed by atoms with E-state index in [2.05, 4.69) is 26.6 Å². The summed E-state index contributed by atoms with van der Waals surface area (Å²) in [6.07, 6.45) is 0.421. The van der Waals surface area contributed by atoms with Crippen LogP contribution in [0, 0.1) is 0 Å². The van der Waals surface area contributed by atoms with E-state index in [1.54, 1.807) is 6.92 Å². The maximum absolute atomic E-state index is 11.8. The lowest BCUT2D eigenvalue weighted by atomic mass is 10.2. The van der Waals surface area contributed by atoms with Crippen molar-refractivity contribution in [3.8, 4) is 5.75 Å². The number of rotatable bonds is 7. The minimum Gasteiger partial charge on any atom is -0.481 e. The van der Waals surface area contributed by atoms with Gasteiger partial charge in [-0.3, -0.25) is 4.79 Å². The van der Waals surface area contributed by atoms with Crippen LogP contribution in [0.5, 0.6) is 5.75 Å². The van der Waals surface area contributed by atoms with Crippen LogP contribution in [0.1, 0.15) is 25.8 Å². The second-order valence-electron chi connectivity index (χ2n) is 4.33. The standard InChI is InChI=1S/C14H21BrN2O2/c1-4-7-17-14(18)10(2)19-13-6-5-12(15)8-11(13)9-16-3/h5-6,8,10,16H,4,7,9H2,1-3H3,(H,17,18). The number of carbonyl (C=O) groups excluding carboxylic acids is 1. The van der Waals surface area contributed by atoms with Gasteiger partial charge in [-0.05, 0) is 38.6 Å². The van der Waals surface area contributed by atoms with Gasteiger partial charge in [0.05, 0.1) is 0 Å². The molecule has 2 N–H and O–H groups in total. The molecule has 0 bridgehead atoms. The largest absolute Gasteiger partial charge is 0.481 e. The van der Waals surface area contributed by atoms with Crippen molar-refractivity contribution < 1.29 is 9.53 Å². The minimum atomic E-state index is -0.497. The maximum atomic E-state index is 11.8. The highest BCUT2D eigenvalue weighted by Crippen LogP contribution is 2.24. The summed E-state index contributed by atoms with van der Waals surface area (Å²) < 4.78 is 6.73. The summed E-state index contributed by atoms with van der Waals surface area (Å²) in [7, 11) is 1.88. The number of carbonyl (C=O) groups is 1. The summed E-state index contributed by atoms with van der Waals surface area (Å²) in [6.45, 7) is 5.15. The van der Waals surface area contributed by atoms with Crippen LogP contribution in [-0.2, 0) is 11.3 Å². The minimum absolute atomic E-state index is 0.0832. The van der Waals surface area contributed by atoms with Crippen molar-refractivity contribution in [1.29, 1.82) is 0 Å². The predicted octanol–water partition coefficient (Wildman–Crippen LogP) is 2.46. The van der Waals surface area contributed by atoms with Gasteiger partial charge in [0, 0.05) is 23.1 Å². The second kappa shape index (κ2) is 8.17. The van der Waals surface area contributed by atoms with Crippen LogP contribution in [0.15, 0.2) is 22.7 Å².